The highest BCUT2D eigenvalue weighted by Crippen LogP contribution is 2.19. The van der Waals surface area contributed by atoms with Gasteiger partial charge in [0.1, 0.15) is 5.82 Å². The summed E-state index contributed by atoms with van der Waals surface area (Å²) >= 11 is 5.85. The molecule has 19 heavy (non-hydrogen) atoms. The monoisotopic (exact) mass is 283 g/mol. The predicted octanol–water partition coefficient (Wildman–Crippen LogP) is 2.62. The number of hydrogen-bond acceptors (Lipinski definition) is 5. The van der Waals surface area contributed by atoms with Crippen molar-refractivity contribution in [2.45, 2.75) is 32.8 Å². The molecule has 0 aromatic carbocycles. The van der Waals surface area contributed by atoms with Gasteiger partial charge in [0.15, 0.2) is 5.65 Å². The molecule has 0 fully saturated rings. The number of anilines is 1. The Balaban J connectivity index is 1.83. The van der Waals surface area contributed by atoms with Crippen LogP contribution in [0.15, 0.2) is 6.20 Å². The average Bonchev–Trinajstić information content (AvgIpc) is 2.80. The number of rotatable bonds is 7. The van der Waals surface area contributed by atoms with Crippen molar-refractivity contribution < 1.29 is 4.74 Å². The van der Waals surface area contributed by atoms with E-state index in [0.29, 0.717) is 17.6 Å². The van der Waals surface area contributed by atoms with Crippen LogP contribution in [0.2, 0.25) is 5.28 Å². The first-order valence-electron chi connectivity index (χ1n) is 6.39. The van der Waals surface area contributed by atoms with Gasteiger partial charge in [-0.2, -0.15) is 15.1 Å². The third-order valence-electron chi connectivity index (χ3n) is 2.60. The number of unbranched alkanes of at least 4 members (excludes halogenated alkanes) is 1. The number of ether oxygens (including phenoxy) is 1. The van der Waals surface area contributed by atoms with Crippen LogP contribution in [-0.4, -0.2) is 39.4 Å². The van der Waals surface area contributed by atoms with Gasteiger partial charge in [0.25, 0.3) is 0 Å². The predicted molar refractivity (Wildman–Crippen MR) is 75.5 cm³/mol. The van der Waals surface area contributed by atoms with E-state index in [1.165, 1.54) is 0 Å². The third-order valence-corrected chi connectivity index (χ3v) is 2.77. The van der Waals surface area contributed by atoms with Gasteiger partial charge in [-0.3, -0.25) is 5.10 Å². The van der Waals surface area contributed by atoms with Crippen LogP contribution in [0.1, 0.15) is 26.7 Å². The van der Waals surface area contributed by atoms with E-state index in [9.17, 15) is 0 Å². The molecule has 0 atom stereocenters. The summed E-state index contributed by atoms with van der Waals surface area (Å²) in [4.78, 5) is 8.22. The zero-order valence-electron chi connectivity index (χ0n) is 11.1. The van der Waals surface area contributed by atoms with Crippen LogP contribution in [0.4, 0.5) is 5.82 Å². The maximum absolute atomic E-state index is 5.85. The molecule has 2 heterocycles. The molecule has 0 amide bonds. The molecular weight excluding hydrogens is 266 g/mol. The third kappa shape index (κ3) is 4.04. The van der Waals surface area contributed by atoms with Crippen molar-refractivity contribution in [1.82, 2.24) is 20.2 Å². The lowest BCUT2D eigenvalue weighted by atomic mass is 10.3. The highest BCUT2D eigenvalue weighted by Gasteiger charge is 2.07. The molecule has 0 saturated heterocycles. The molecule has 2 aromatic heterocycles. The summed E-state index contributed by atoms with van der Waals surface area (Å²) in [5.41, 5.74) is 0.644. The van der Waals surface area contributed by atoms with Crippen molar-refractivity contribution in [2.75, 3.05) is 18.5 Å². The van der Waals surface area contributed by atoms with Crippen LogP contribution in [0.5, 0.6) is 0 Å². The fourth-order valence-corrected chi connectivity index (χ4v) is 1.86. The van der Waals surface area contributed by atoms with Crippen LogP contribution in [0, 0.1) is 0 Å². The van der Waals surface area contributed by atoms with Gasteiger partial charge in [-0.1, -0.05) is 0 Å². The molecule has 6 nitrogen and oxygen atoms in total. The molecule has 0 radical (unpaired) electrons. The normalized spacial score (nSPS) is 11.4. The SMILES string of the molecule is CC(C)OCCCCNc1nc(Cl)nc2[nH]ncc12. The molecule has 2 N–H and O–H groups in total. The topological polar surface area (TPSA) is 75.7 Å². The molecule has 2 aromatic rings. The van der Waals surface area contributed by atoms with E-state index in [4.69, 9.17) is 16.3 Å². The maximum atomic E-state index is 5.85. The molecule has 0 unspecified atom stereocenters. The van der Waals surface area contributed by atoms with E-state index >= 15 is 0 Å². The van der Waals surface area contributed by atoms with Gasteiger partial charge in [-0.25, -0.2) is 0 Å². The summed E-state index contributed by atoms with van der Waals surface area (Å²) in [5.74, 6) is 0.716. The highest BCUT2D eigenvalue weighted by molar-refractivity contribution is 6.28. The van der Waals surface area contributed by atoms with Gasteiger partial charge in [0.05, 0.1) is 17.7 Å². The lowest BCUT2D eigenvalue weighted by Crippen LogP contribution is -2.08. The molecule has 7 heteroatoms. The van der Waals surface area contributed by atoms with Crippen LogP contribution in [0.3, 0.4) is 0 Å². The van der Waals surface area contributed by atoms with Crippen LogP contribution >= 0.6 is 11.6 Å². The second-order valence-electron chi connectivity index (χ2n) is 4.53. The Labute approximate surface area is 116 Å². The van der Waals surface area contributed by atoms with Crippen molar-refractivity contribution in [1.29, 1.82) is 0 Å². The van der Waals surface area contributed by atoms with E-state index in [1.807, 2.05) is 13.8 Å². The molecule has 104 valence electrons. The lowest BCUT2D eigenvalue weighted by molar-refractivity contribution is 0.0765. The molecular formula is C12H18ClN5O. The van der Waals surface area contributed by atoms with E-state index < -0.39 is 0 Å². The highest BCUT2D eigenvalue weighted by atomic mass is 35.5. The number of hydrogen-bond donors (Lipinski definition) is 2. The summed E-state index contributed by atoms with van der Waals surface area (Å²) in [6.07, 6.45) is 4.00. The van der Waals surface area contributed by atoms with Crippen molar-refractivity contribution >= 4 is 28.5 Å². The fourth-order valence-electron chi connectivity index (χ4n) is 1.70. The fraction of sp³-hybridized carbons (Fsp3) is 0.583. The van der Waals surface area contributed by atoms with Gasteiger partial charge in [-0.15, -0.1) is 0 Å². The van der Waals surface area contributed by atoms with E-state index in [1.54, 1.807) is 6.20 Å². The van der Waals surface area contributed by atoms with Crippen LogP contribution in [-0.2, 0) is 4.74 Å². The Morgan fingerprint density at radius 1 is 1.37 bits per heavy atom. The second-order valence-corrected chi connectivity index (χ2v) is 4.87. The zero-order valence-corrected chi connectivity index (χ0v) is 11.9. The van der Waals surface area contributed by atoms with Crippen molar-refractivity contribution in [3.63, 3.8) is 0 Å². The number of aromatic nitrogens is 4. The Hall–Kier alpha value is -1.40. The van der Waals surface area contributed by atoms with Gasteiger partial charge in [-0.05, 0) is 38.3 Å². The standard InChI is InChI=1S/C12H18ClN5O/c1-8(2)19-6-4-3-5-14-10-9-7-15-18-11(9)17-12(13)16-10/h7-8H,3-6H2,1-2H3,(H2,14,15,16,17,18). The summed E-state index contributed by atoms with van der Waals surface area (Å²) in [7, 11) is 0. The smallest absolute Gasteiger partial charge is 0.226 e. The molecule has 0 bridgehead atoms. The minimum Gasteiger partial charge on any atom is -0.379 e. The molecule has 0 spiro atoms. The number of nitrogens with one attached hydrogen (secondary N) is 2. The summed E-state index contributed by atoms with van der Waals surface area (Å²) < 4.78 is 5.48. The van der Waals surface area contributed by atoms with E-state index in [2.05, 4.69) is 25.5 Å². The zero-order chi connectivity index (χ0) is 13.7. The Bertz CT molecular complexity index is 528. The van der Waals surface area contributed by atoms with Crippen LogP contribution in [0.25, 0.3) is 11.0 Å². The van der Waals surface area contributed by atoms with E-state index in [-0.39, 0.29) is 5.28 Å². The van der Waals surface area contributed by atoms with Crippen molar-refractivity contribution in [3.05, 3.63) is 11.5 Å². The Kier molecular flexibility index (Phi) is 4.93. The first kappa shape index (κ1) is 14.0. The summed E-state index contributed by atoms with van der Waals surface area (Å²) in [6.45, 7) is 5.67. The summed E-state index contributed by atoms with van der Waals surface area (Å²) in [6, 6.07) is 0. The maximum Gasteiger partial charge on any atom is 0.226 e. The van der Waals surface area contributed by atoms with Gasteiger partial charge in [0, 0.05) is 13.2 Å². The molecule has 0 aliphatic carbocycles. The van der Waals surface area contributed by atoms with Crippen LogP contribution < -0.4 is 5.32 Å². The summed E-state index contributed by atoms with van der Waals surface area (Å²) in [5, 5.41) is 11.0. The number of fused-ring (bicyclic) bond motifs is 1. The van der Waals surface area contributed by atoms with Crippen molar-refractivity contribution in [2.24, 2.45) is 0 Å². The minimum atomic E-state index is 0.211. The Morgan fingerprint density at radius 3 is 3.00 bits per heavy atom. The van der Waals surface area contributed by atoms with Gasteiger partial charge >= 0.3 is 0 Å². The van der Waals surface area contributed by atoms with E-state index in [0.717, 1.165) is 31.4 Å². The quantitative estimate of drug-likeness (QED) is 0.603. The van der Waals surface area contributed by atoms with Gasteiger partial charge in [0.2, 0.25) is 5.28 Å². The number of aromatic amines is 1. The molecule has 2 rings (SSSR count). The number of H-pyrrole nitrogens is 1. The minimum absolute atomic E-state index is 0.211. The number of halogens is 1. The average molecular weight is 284 g/mol. The van der Waals surface area contributed by atoms with Gasteiger partial charge < -0.3 is 10.1 Å². The lowest BCUT2D eigenvalue weighted by Gasteiger charge is -2.08. The molecule has 0 aliphatic rings. The largest absolute Gasteiger partial charge is 0.379 e. The first-order chi connectivity index (χ1) is 9.16. The second kappa shape index (κ2) is 6.68. The number of nitrogens with zero attached hydrogens (tertiary/aromatic N) is 3. The molecule has 0 saturated carbocycles. The molecule has 0 aliphatic heterocycles. The Morgan fingerprint density at radius 2 is 2.21 bits per heavy atom. The van der Waals surface area contributed by atoms with Crippen molar-refractivity contribution in [3.8, 4) is 0 Å². The first-order valence-corrected chi connectivity index (χ1v) is 6.76.